The van der Waals surface area contributed by atoms with Crippen molar-refractivity contribution in [2.24, 2.45) is 5.92 Å². The van der Waals surface area contributed by atoms with Crippen LogP contribution >= 0.6 is 11.6 Å². The molecular formula is C16H21ClN2O3. The van der Waals surface area contributed by atoms with E-state index in [1.807, 2.05) is 6.92 Å². The molecule has 0 saturated carbocycles. The van der Waals surface area contributed by atoms with Crippen molar-refractivity contribution in [1.82, 2.24) is 10.2 Å². The van der Waals surface area contributed by atoms with E-state index in [4.69, 9.17) is 16.3 Å². The fourth-order valence-electron chi connectivity index (χ4n) is 2.47. The number of amides is 1. The Bertz CT molecular complexity index is 511. The number of carbonyl (C=O) groups excluding carboxylic acids is 2. The van der Waals surface area contributed by atoms with E-state index in [0.717, 1.165) is 25.9 Å². The maximum Gasteiger partial charge on any atom is 0.309 e. The zero-order valence-electron chi connectivity index (χ0n) is 12.7. The van der Waals surface area contributed by atoms with Gasteiger partial charge in [-0.05, 0) is 44.0 Å². The molecule has 1 aliphatic rings. The number of hydrogen-bond donors (Lipinski definition) is 1. The van der Waals surface area contributed by atoms with Gasteiger partial charge in [0, 0.05) is 23.7 Å². The Labute approximate surface area is 135 Å². The molecule has 1 saturated heterocycles. The van der Waals surface area contributed by atoms with Crippen LogP contribution in [0.5, 0.6) is 0 Å². The van der Waals surface area contributed by atoms with Crippen molar-refractivity contribution >= 4 is 23.5 Å². The second kappa shape index (κ2) is 8.15. The minimum absolute atomic E-state index is 0.0110. The molecule has 1 N–H and O–H groups in total. The molecule has 0 bridgehead atoms. The van der Waals surface area contributed by atoms with Gasteiger partial charge >= 0.3 is 5.97 Å². The monoisotopic (exact) mass is 324 g/mol. The van der Waals surface area contributed by atoms with Gasteiger partial charge in [0.1, 0.15) is 0 Å². The third-order valence-electron chi connectivity index (χ3n) is 3.78. The first-order valence-corrected chi connectivity index (χ1v) is 7.90. The van der Waals surface area contributed by atoms with Crippen LogP contribution < -0.4 is 5.32 Å². The summed E-state index contributed by atoms with van der Waals surface area (Å²) in [6.45, 7) is 4.29. The van der Waals surface area contributed by atoms with E-state index in [-0.39, 0.29) is 17.8 Å². The lowest BCUT2D eigenvalue weighted by Crippen LogP contribution is -2.43. The number of carbonyl (C=O) groups is 2. The summed E-state index contributed by atoms with van der Waals surface area (Å²) in [6.07, 6.45) is 1.55. The van der Waals surface area contributed by atoms with E-state index in [1.165, 1.54) is 0 Å². The third-order valence-corrected chi connectivity index (χ3v) is 4.03. The Balaban J connectivity index is 1.73. The molecule has 1 heterocycles. The molecule has 5 nitrogen and oxygen atoms in total. The van der Waals surface area contributed by atoms with Crippen LogP contribution in [0.1, 0.15) is 30.1 Å². The molecule has 1 fully saturated rings. The highest BCUT2D eigenvalue weighted by Crippen LogP contribution is 2.18. The highest BCUT2D eigenvalue weighted by Gasteiger charge is 2.25. The van der Waals surface area contributed by atoms with Crippen molar-refractivity contribution < 1.29 is 14.3 Å². The van der Waals surface area contributed by atoms with Gasteiger partial charge in [0.2, 0.25) is 0 Å². The number of hydrogen-bond acceptors (Lipinski definition) is 4. The molecule has 120 valence electrons. The standard InChI is InChI=1S/C16H21ClN2O3/c1-2-22-16(21)13-7-9-19(10-8-13)11-18-15(20)12-3-5-14(17)6-4-12/h3-6,13H,2,7-11H2,1H3,(H,18,20). The Morgan fingerprint density at radius 3 is 2.50 bits per heavy atom. The Morgan fingerprint density at radius 1 is 1.27 bits per heavy atom. The van der Waals surface area contributed by atoms with Crippen molar-refractivity contribution in [3.63, 3.8) is 0 Å². The SMILES string of the molecule is CCOC(=O)C1CCN(CNC(=O)c2ccc(Cl)cc2)CC1. The molecule has 0 aliphatic carbocycles. The van der Waals surface area contributed by atoms with Gasteiger partial charge in [-0.1, -0.05) is 11.6 Å². The topological polar surface area (TPSA) is 58.6 Å². The summed E-state index contributed by atoms with van der Waals surface area (Å²) in [7, 11) is 0. The summed E-state index contributed by atoms with van der Waals surface area (Å²) in [5.41, 5.74) is 0.589. The van der Waals surface area contributed by atoms with Gasteiger partial charge in [0.15, 0.2) is 0 Å². The summed E-state index contributed by atoms with van der Waals surface area (Å²) in [5, 5.41) is 3.49. The molecule has 2 rings (SSSR count). The summed E-state index contributed by atoms with van der Waals surface area (Å²) >= 11 is 5.80. The molecule has 0 spiro atoms. The van der Waals surface area contributed by atoms with Gasteiger partial charge < -0.3 is 10.1 Å². The molecule has 0 unspecified atom stereocenters. The summed E-state index contributed by atoms with van der Waals surface area (Å²) in [5.74, 6) is -0.236. The Morgan fingerprint density at radius 2 is 1.91 bits per heavy atom. The quantitative estimate of drug-likeness (QED) is 0.844. The van der Waals surface area contributed by atoms with Gasteiger partial charge in [0.05, 0.1) is 19.2 Å². The first kappa shape index (κ1) is 16.8. The number of rotatable bonds is 5. The van der Waals surface area contributed by atoms with E-state index in [2.05, 4.69) is 10.2 Å². The van der Waals surface area contributed by atoms with Crippen molar-refractivity contribution in [2.45, 2.75) is 19.8 Å². The van der Waals surface area contributed by atoms with Crippen LogP contribution in [0.4, 0.5) is 0 Å². The fraction of sp³-hybridized carbons (Fsp3) is 0.500. The fourth-order valence-corrected chi connectivity index (χ4v) is 2.60. The molecule has 1 aliphatic heterocycles. The predicted molar refractivity (Wildman–Crippen MR) is 84.7 cm³/mol. The average Bonchev–Trinajstić information content (AvgIpc) is 2.54. The van der Waals surface area contributed by atoms with E-state index < -0.39 is 0 Å². The first-order valence-electron chi connectivity index (χ1n) is 7.53. The zero-order valence-corrected chi connectivity index (χ0v) is 13.4. The molecule has 0 atom stereocenters. The number of piperidine rings is 1. The normalized spacial score (nSPS) is 16.3. The van der Waals surface area contributed by atoms with Crippen LogP contribution in [0.25, 0.3) is 0 Å². The van der Waals surface area contributed by atoms with Crippen molar-refractivity contribution in [1.29, 1.82) is 0 Å². The van der Waals surface area contributed by atoms with Crippen molar-refractivity contribution in [2.75, 3.05) is 26.4 Å². The van der Waals surface area contributed by atoms with Gasteiger partial charge in [-0.15, -0.1) is 0 Å². The Hall–Kier alpha value is -1.59. The molecule has 0 radical (unpaired) electrons. The van der Waals surface area contributed by atoms with E-state index in [1.54, 1.807) is 24.3 Å². The van der Waals surface area contributed by atoms with Gasteiger partial charge in [0.25, 0.3) is 5.91 Å². The number of halogens is 1. The zero-order chi connectivity index (χ0) is 15.9. The lowest BCUT2D eigenvalue weighted by atomic mass is 9.97. The lowest BCUT2D eigenvalue weighted by molar-refractivity contribution is -0.149. The van der Waals surface area contributed by atoms with Crippen LogP contribution in [0.2, 0.25) is 5.02 Å². The van der Waals surface area contributed by atoms with Crippen LogP contribution in [-0.4, -0.2) is 43.1 Å². The molecule has 1 aromatic carbocycles. The minimum Gasteiger partial charge on any atom is -0.466 e. The maximum atomic E-state index is 12.0. The van der Waals surface area contributed by atoms with Crippen LogP contribution in [-0.2, 0) is 9.53 Å². The highest BCUT2D eigenvalue weighted by atomic mass is 35.5. The van der Waals surface area contributed by atoms with Gasteiger partial charge in [-0.2, -0.15) is 0 Å². The molecule has 22 heavy (non-hydrogen) atoms. The van der Waals surface area contributed by atoms with Gasteiger partial charge in [-0.3, -0.25) is 14.5 Å². The van der Waals surface area contributed by atoms with Crippen molar-refractivity contribution in [3.05, 3.63) is 34.9 Å². The number of nitrogens with zero attached hydrogens (tertiary/aromatic N) is 1. The summed E-state index contributed by atoms with van der Waals surface area (Å²) in [6, 6.07) is 6.79. The number of likely N-dealkylation sites (tertiary alicyclic amines) is 1. The van der Waals surface area contributed by atoms with Crippen LogP contribution in [0, 0.1) is 5.92 Å². The second-order valence-electron chi connectivity index (χ2n) is 5.32. The summed E-state index contributed by atoms with van der Waals surface area (Å²) in [4.78, 5) is 25.8. The van der Waals surface area contributed by atoms with Gasteiger partial charge in [-0.25, -0.2) is 0 Å². The number of ether oxygens (including phenoxy) is 1. The highest BCUT2D eigenvalue weighted by molar-refractivity contribution is 6.30. The summed E-state index contributed by atoms with van der Waals surface area (Å²) < 4.78 is 5.04. The third kappa shape index (κ3) is 4.71. The number of benzene rings is 1. The molecular weight excluding hydrogens is 304 g/mol. The molecule has 1 amide bonds. The van der Waals surface area contributed by atoms with E-state index >= 15 is 0 Å². The second-order valence-corrected chi connectivity index (χ2v) is 5.75. The molecule has 0 aromatic heterocycles. The van der Waals surface area contributed by atoms with Crippen LogP contribution in [0.3, 0.4) is 0 Å². The molecule has 1 aromatic rings. The maximum absolute atomic E-state index is 12.0. The lowest BCUT2D eigenvalue weighted by Gasteiger charge is -2.30. The predicted octanol–water partition coefficient (Wildman–Crippen LogP) is 2.30. The average molecular weight is 325 g/mol. The number of esters is 1. The van der Waals surface area contributed by atoms with Crippen molar-refractivity contribution in [3.8, 4) is 0 Å². The van der Waals surface area contributed by atoms with Crippen LogP contribution in [0.15, 0.2) is 24.3 Å². The number of nitrogens with one attached hydrogen (secondary N) is 1. The minimum atomic E-state index is -0.121. The van der Waals surface area contributed by atoms with E-state index in [9.17, 15) is 9.59 Å². The molecule has 6 heteroatoms. The van der Waals surface area contributed by atoms with E-state index in [0.29, 0.717) is 23.9 Å². The Kier molecular flexibility index (Phi) is 6.21. The largest absolute Gasteiger partial charge is 0.466 e. The smallest absolute Gasteiger partial charge is 0.309 e. The first-order chi connectivity index (χ1) is 10.6.